The van der Waals surface area contributed by atoms with Crippen LogP contribution in [-0.2, 0) is 6.54 Å². The smallest absolute Gasteiger partial charge is 0.258 e. The fraction of sp³-hybridized carbons (Fsp3) is 0.312. The first kappa shape index (κ1) is 15.5. The summed E-state index contributed by atoms with van der Waals surface area (Å²) in [4.78, 5) is 8.37. The van der Waals surface area contributed by atoms with Crippen molar-refractivity contribution in [2.24, 2.45) is 0 Å². The predicted molar refractivity (Wildman–Crippen MR) is 87.4 cm³/mol. The summed E-state index contributed by atoms with van der Waals surface area (Å²) < 4.78 is 12.3. The minimum absolute atomic E-state index is 0.343. The molecule has 0 amide bonds. The molecule has 1 aromatic carbocycles. The van der Waals surface area contributed by atoms with Crippen LogP contribution in [0.15, 0.2) is 33.5 Å². The van der Waals surface area contributed by atoms with Crippen molar-refractivity contribution >= 4 is 11.0 Å². The second-order valence-electron chi connectivity index (χ2n) is 6.45. The maximum Gasteiger partial charge on any atom is 0.258 e. The van der Waals surface area contributed by atoms with Crippen LogP contribution in [0.4, 0.5) is 0 Å². The quantitative estimate of drug-likeness (QED) is 0.601. The molecule has 0 fully saturated rings. The van der Waals surface area contributed by atoms with Gasteiger partial charge in [0.05, 0.1) is 23.4 Å². The van der Waals surface area contributed by atoms with E-state index in [1.807, 2.05) is 25.1 Å². The summed E-state index contributed by atoms with van der Waals surface area (Å²) in [6.07, 6.45) is 1.34. The van der Waals surface area contributed by atoms with Crippen LogP contribution >= 0.6 is 0 Å². The molecule has 0 aliphatic carbocycles. The van der Waals surface area contributed by atoms with Crippen molar-refractivity contribution < 1.29 is 14.0 Å². The first-order valence-electron chi connectivity index (χ1n) is 7.71. The Bertz CT molecular complexity index is 1040. The van der Waals surface area contributed by atoms with Crippen LogP contribution in [0.1, 0.15) is 19.5 Å². The lowest BCUT2D eigenvalue weighted by Crippen LogP contribution is -2.26. The number of benzene rings is 1. The molecule has 4 aromatic rings. The molecule has 0 aliphatic heterocycles. The molecule has 0 bridgehead atoms. The van der Waals surface area contributed by atoms with Gasteiger partial charge < -0.3 is 14.0 Å². The lowest BCUT2D eigenvalue weighted by molar-refractivity contribution is 0.0585. The number of aromatic nitrogens is 6. The first-order valence-corrected chi connectivity index (χ1v) is 7.71. The molecule has 0 atom stereocenters. The molecule has 9 nitrogen and oxygen atoms in total. The molecule has 9 heteroatoms. The highest BCUT2D eigenvalue weighted by atomic mass is 16.5. The molecule has 3 heterocycles. The average molecular weight is 340 g/mol. The van der Waals surface area contributed by atoms with Gasteiger partial charge in [-0.3, -0.25) is 0 Å². The number of oxazole rings is 1. The van der Waals surface area contributed by atoms with Gasteiger partial charge in [-0.25, -0.2) is 9.67 Å². The molecular weight excluding hydrogens is 324 g/mol. The standard InChI is InChI=1S/C16H16N6O3/c1-9-13(24-8-17-9)14-18-15(25-20-14)10-4-5-12-11(6-10)19-21-22(12)7-16(2,3)23/h4-6,8,23H,7H2,1-3H3. The third-order valence-electron chi connectivity index (χ3n) is 3.67. The number of hydrogen-bond acceptors (Lipinski definition) is 8. The lowest BCUT2D eigenvalue weighted by Gasteiger charge is -2.16. The van der Waals surface area contributed by atoms with Gasteiger partial charge in [-0.2, -0.15) is 4.98 Å². The van der Waals surface area contributed by atoms with E-state index >= 15 is 0 Å². The van der Waals surface area contributed by atoms with Crippen LogP contribution in [0.5, 0.6) is 0 Å². The number of aliphatic hydroxyl groups is 1. The van der Waals surface area contributed by atoms with Crippen molar-refractivity contribution in [2.45, 2.75) is 32.9 Å². The fourth-order valence-electron chi connectivity index (χ4n) is 2.54. The van der Waals surface area contributed by atoms with E-state index < -0.39 is 5.60 Å². The Labute approximate surface area is 142 Å². The van der Waals surface area contributed by atoms with Crippen LogP contribution in [-0.4, -0.2) is 40.8 Å². The van der Waals surface area contributed by atoms with Gasteiger partial charge in [0.2, 0.25) is 5.82 Å². The van der Waals surface area contributed by atoms with E-state index in [1.54, 1.807) is 18.5 Å². The van der Waals surface area contributed by atoms with E-state index in [4.69, 9.17) is 8.94 Å². The number of aryl methyl sites for hydroxylation is 1. The maximum atomic E-state index is 9.96. The van der Waals surface area contributed by atoms with Crippen molar-refractivity contribution in [3.63, 3.8) is 0 Å². The highest BCUT2D eigenvalue weighted by Crippen LogP contribution is 2.26. The molecule has 0 spiro atoms. The molecule has 0 unspecified atom stereocenters. The highest BCUT2D eigenvalue weighted by molar-refractivity contribution is 5.79. The molecule has 3 aromatic heterocycles. The van der Waals surface area contributed by atoms with Gasteiger partial charge in [-0.1, -0.05) is 10.4 Å². The molecular formula is C16H16N6O3. The minimum atomic E-state index is -0.879. The molecule has 0 aliphatic rings. The van der Waals surface area contributed by atoms with Gasteiger partial charge in [0.1, 0.15) is 5.52 Å². The Kier molecular flexibility index (Phi) is 3.39. The normalized spacial score (nSPS) is 12.2. The van der Waals surface area contributed by atoms with Gasteiger partial charge >= 0.3 is 0 Å². The minimum Gasteiger partial charge on any atom is -0.440 e. The summed E-state index contributed by atoms with van der Waals surface area (Å²) in [6.45, 7) is 5.60. The largest absolute Gasteiger partial charge is 0.440 e. The van der Waals surface area contributed by atoms with E-state index in [-0.39, 0.29) is 0 Å². The molecule has 128 valence electrons. The number of fused-ring (bicyclic) bond motifs is 1. The second-order valence-corrected chi connectivity index (χ2v) is 6.45. The van der Waals surface area contributed by atoms with E-state index in [1.165, 1.54) is 6.39 Å². The summed E-state index contributed by atoms with van der Waals surface area (Å²) in [5.74, 6) is 1.17. The van der Waals surface area contributed by atoms with Gasteiger partial charge in [0.25, 0.3) is 5.89 Å². The molecule has 1 N–H and O–H groups in total. The topological polar surface area (TPSA) is 116 Å². The second kappa shape index (κ2) is 5.49. The Hall–Kier alpha value is -3.07. The fourth-order valence-corrected chi connectivity index (χ4v) is 2.54. The summed E-state index contributed by atoms with van der Waals surface area (Å²) in [5.41, 5.74) is 2.03. The van der Waals surface area contributed by atoms with E-state index in [0.717, 1.165) is 11.1 Å². The molecule has 0 radical (unpaired) electrons. The van der Waals surface area contributed by atoms with Crippen LogP contribution in [0.25, 0.3) is 34.1 Å². The molecule has 0 saturated heterocycles. The summed E-state index contributed by atoms with van der Waals surface area (Å²) in [6, 6.07) is 5.52. The lowest BCUT2D eigenvalue weighted by atomic mass is 10.1. The van der Waals surface area contributed by atoms with Crippen molar-refractivity contribution in [1.29, 1.82) is 0 Å². The van der Waals surface area contributed by atoms with Gasteiger partial charge in [-0.05, 0) is 39.0 Å². The van der Waals surface area contributed by atoms with Gasteiger partial charge in [0.15, 0.2) is 12.2 Å². The number of rotatable bonds is 4. The van der Waals surface area contributed by atoms with Gasteiger partial charge in [0, 0.05) is 5.56 Å². The van der Waals surface area contributed by atoms with Crippen molar-refractivity contribution in [1.82, 2.24) is 30.1 Å². The maximum absolute atomic E-state index is 9.96. The highest BCUT2D eigenvalue weighted by Gasteiger charge is 2.19. The summed E-state index contributed by atoms with van der Waals surface area (Å²) in [5, 5.41) is 22.1. The Morgan fingerprint density at radius 3 is 2.84 bits per heavy atom. The molecule has 25 heavy (non-hydrogen) atoms. The van der Waals surface area contributed by atoms with Crippen molar-refractivity contribution in [3.05, 3.63) is 30.3 Å². The zero-order chi connectivity index (χ0) is 17.6. The van der Waals surface area contributed by atoms with Crippen molar-refractivity contribution in [3.8, 4) is 23.0 Å². The monoisotopic (exact) mass is 340 g/mol. The van der Waals surface area contributed by atoms with E-state index in [0.29, 0.717) is 35.2 Å². The summed E-state index contributed by atoms with van der Waals surface area (Å²) in [7, 11) is 0. The van der Waals surface area contributed by atoms with Crippen LogP contribution in [0.2, 0.25) is 0 Å². The zero-order valence-electron chi connectivity index (χ0n) is 14.0. The van der Waals surface area contributed by atoms with Crippen LogP contribution in [0.3, 0.4) is 0 Å². The third kappa shape index (κ3) is 2.89. The van der Waals surface area contributed by atoms with E-state index in [2.05, 4.69) is 25.4 Å². The predicted octanol–water partition coefficient (Wildman–Crippen LogP) is 2.22. The first-order chi connectivity index (χ1) is 11.9. The molecule has 0 saturated carbocycles. The Morgan fingerprint density at radius 2 is 2.12 bits per heavy atom. The Morgan fingerprint density at radius 1 is 1.28 bits per heavy atom. The SMILES string of the molecule is Cc1ncoc1-c1noc(-c2ccc3c(c2)nnn3CC(C)(C)O)n1. The molecule has 4 rings (SSSR count). The van der Waals surface area contributed by atoms with E-state index in [9.17, 15) is 5.11 Å². The van der Waals surface area contributed by atoms with Crippen LogP contribution < -0.4 is 0 Å². The third-order valence-corrected chi connectivity index (χ3v) is 3.67. The summed E-state index contributed by atoms with van der Waals surface area (Å²) >= 11 is 0. The average Bonchev–Trinajstić information content (AvgIpc) is 3.25. The van der Waals surface area contributed by atoms with Gasteiger partial charge in [-0.15, -0.1) is 5.10 Å². The Balaban J connectivity index is 1.69. The van der Waals surface area contributed by atoms with Crippen LogP contribution in [0, 0.1) is 6.92 Å². The van der Waals surface area contributed by atoms with Crippen molar-refractivity contribution in [2.75, 3.05) is 0 Å². The number of nitrogens with zero attached hydrogens (tertiary/aromatic N) is 6. The zero-order valence-corrected chi connectivity index (χ0v) is 14.0. The number of hydrogen-bond donors (Lipinski definition) is 1.